The molecule has 0 aliphatic rings. The smallest absolute Gasteiger partial charge is 0.225 e. The van der Waals surface area contributed by atoms with Crippen LogP contribution in [-0.4, -0.2) is 32.7 Å². The van der Waals surface area contributed by atoms with Crippen LogP contribution in [0.25, 0.3) is 11.4 Å². The lowest BCUT2D eigenvalue weighted by molar-refractivity contribution is 0.281. The maximum Gasteiger partial charge on any atom is 0.225 e. The molecule has 27 heavy (non-hydrogen) atoms. The molecule has 0 saturated carbocycles. The molecule has 0 aliphatic heterocycles. The lowest BCUT2D eigenvalue weighted by Crippen LogP contribution is -2.21. The molecule has 0 unspecified atom stereocenters. The van der Waals surface area contributed by atoms with Gasteiger partial charge in [0.05, 0.1) is 18.0 Å². The van der Waals surface area contributed by atoms with E-state index in [4.69, 9.17) is 11.6 Å². The highest BCUT2D eigenvalue weighted by Crippen LogP contribution is 2.29. The minimum absolute atomic E-state index is 0.0185. The Hall–Kier alpha value is -2.70. The normalized spacial score (nSPS) is 11.9. The molecular formula is C20H22ClN5O. The van der Waals surface area contributed by atoms with E-state index in [2.05, 4.69) is 25.6 Å². The van der Waals surface area contributed by atoms with Gasteiger partial charge >= 0.3 is 0 Å². The second-order valence-electron chi connectivity index (χ2n) is 6.44. The SMILES string of the molecule is Cc1cc(Cl)cc(C)c1Nc1cc(-c2ccccn2)nc(N[C@@H](C)CO)n1. The Bertz CT molecular complexity index is 910. The van der Waals surface area contributed by atoms with Gasteiger partial charge < -0.3 is 15.7 Å². The van der Waals surface area contributed by atoms with Gasteiger partial charge in [0, 0.05) is 29.0 Å². The Morgan fingerprint density at radius 1 is 1.07 bits per heavy atom. The molecule has 140 valence electrons. The average molecular weight is 384 g/mol. The van der Waals surface area contributed by atoms with E-state index in [9.17, 15) is 5.11 Å². The fourth-order valence-corrected chi connectivity index (χ4v) is 3.05. The van der Waals surface area contributed by atoms with Crippen LogP contribution in [0, 0.1) is 13.8 Å². The van der Waals surface area contributed by atoms with E-state index < -0.39 is 0 Å². The summed E-state index contributed by atoms with van der Waals surface area (Å²) in [5, 5.41) is 16.5. The van der Waals surface area contributed by atoms with Gasteiger partial charge in [-0.05, 0) is 56.2 Å². The van der Waals surface area contributed by atoms with Crippen molar-refractivity contribution >= 4 is 29.1 Å². The quantitative estimate of drug-likeness (QED) is 0.587. The molecule has 2 heterocycles. The number of hydrogen-bond donors (Lipinski definition) is 3. The highest BCUT2D eigenvalue weighted by Gasteiger charge is 2.12. The minimum atomic E-state index is -0.171. The third kappa shape index (κ3) is 4.72. The highest BCUT2D eigenvalue weighted by atomic mass is 35.5. The summed E-state index contributed by atoms with van der Waals surface area (Å²) < 4.78 is 0. The third-order valence-corrected chi connectivity index (χ3v) is 4.27. The number of benzene rings is 1. The lowest BCUT2D eigenvalue weighted by atomic mass is 10.1. The van der Waals surface area contributed by atoms with E-state index in [1.165, 1.54) is 0 Å². The number of aromatic nitrogens is 3. The Kier molecular flexibility index (Phi) is 5.88. The Balaban J connectivity index is 2.02. The number of hydrogen-bond acceptors (Lipinski definition) is 6. The monoisotopic (exact) mass is 383 g/mol. The summed E-state index contributed by atoms with van der Waals surface area (Å²) in [5.41, 5.74) is 4.43. The van der Waals surface area contributed by atoms with Crippen molar-refractivity contribution in [2.75, 3.05) is 17.2 Å². The molecule has 0 radical (unpaired) electrons. The topological polar surface area (TPSA) is 83.0 Å². The van der Waals surface area contributed by atoms with Crippen LogP contribution in [0.4, 0.5) is 17.5 Å². The number of aliphatic hydroxyl groups is 1. The summed E-state index contributed by atoms with van der Waals surface area (Å²) >= 11 is 6.13. The van der Waals surface area contributed by atoms with Crippen LogP contribution in [0.5, 0.6) is 0 Å². The Labute approximate surface area is 163 Å². The van der Waals surface area contributed by atoms with Gasteiger partial charge in [-0.3, -0.25) is 4.98 Å². The van der Waals surface area contributed by atoms with Gasteiger partial charge in [-0.15, -0.1) is 0 Å². The van der Waals surface area contributed by atoms with E-state index in [1.54, 1.807) is 6.20 Å². The number of aryl methyl sites for hydroxylation is 2. The lowest BCUT2D eigenvalue weighted by Gasteiger charge is -2.16. The number of anilines is 3. The molecule has 3 N–H and O–H groups in total. The van der Waals surface area contributed by atoms with Crippen molar-refractivity contribution in [1.29, 1.82) is 0 Å². The molecule has 3 rings (SSSR count). The fourth-order valence-electron chi connectivity index (χ4n) is 2.72. The molecule has 7 heteroatoms. The Morgan fingerprint density at radius 3 is 2.44 bits per heavy atom. The third-order valence-electron chi connectivity index (χ3n) is 4.05. The molecule has 6 nitrogen and oxygen atoms in total. The maximum atomic E-state index is 9.33. The first-order valence-corrected chi connectivity index (χ1v) is 9.05. The predicted octanol–water partition coefficient (Wildman–Crippen LogP) is 4.35. The molecule has 0 amide bonds. The van der Waals surface area contributed by atoms with Gasteiger partial charge in [0.25, 0.3) is 0 Å². The zero-order valence-electron chi connectivity index (χ0n) is 15.5. The van der Waals surface area contributed by atoms with Crippen LogP contribution in [0.3, 0.4) is 0 Å². The summed E-state index contributed by atoms with van der Waals surface area (Å²) in [6.07, 6.45) is 1.72. The minimum Gasteiger partial charge on any atom is -0.394 e. The number of aliphatic hydroxyl groups excluding tert-OH is 1. The zero-order valence-corrected chi connectivity index (χ0v) is 16.2. The molecule has 0 bridgehead atoms. The largest absolute Gasteiger partial charge is 0.394 e. The van der Waals surface area contributed by atoms with Crippen LogP contribution < -0.4 is 10.6 Å². The van der Waals surface area contributed by atoms with Crippen molar-refractivity contribution in [3.63, 3.8) is 0 Å². The Morgan fingerprint density at radius 2 is 1.81 bits per heavy atom. The second kappa shape index (κ2) is 8.33. The van der Waals surface area contributed by atoms with E-state index in [1.807, 2.05) is 57.2 Å². The molecule has 1 aromatic carbocycles. The van der Waals surface area contributed by atoms with Crippen LogP contribution in [-0.2, 0) is 0 Å². The molecule has 1 atom stereocenters. The first kappa shape index (κ1) is 19.1. The fraction of sp³-hybridized carbons (Fsp3) is 0.250. The molecule has 0 saturated heterocycles. The average Bonchev–Trinajstić information content (AvgIpc) is 2.65. The standard InChI is InChI=1S/C20H22ClN5O/c1-12-8-15(21)9-13(2)19(12)25-18-10-17(16-6-4-5-7-22-16)24-20(26-18)23-14(3)11-27/h4-10,14,27H,11H2,1-3H3,(H2,23,24,25,26)/t14-/m0/s1. The molecule has 2 aromatic heterocycles. The summed E-state index contributed by atoms with van der Waals surface area (Å²) in [5.74, 6) is 1.05. The van der Waals surface area contributed by atoms with Gasteiger partial charge in [0.15, 0.2) is 0 Å². The van der Waals surface area contributed by atoms with Crippen LogP contribution in [0.15, 0.2) is 42.6 Å². The van der Waals surface area contributed by atoms with Crippen molar-refractivity contribution < 1.29 is 5.11 Å². The molecular weight excluding hydrogens is 362 g/mol. The second-order valence-corrected chi connectivity index (χ2v) is 6.88. The summed E-state index contributed by atoms with van der Waals surface area (Å²) in [6, 6.07) is 11.2. The van der Waals surface area contributed by atoms with Crippen molar-refractivity contribution in [3.05, 3.63) is 58.7 Å². The molecule has 0 fully saturated rings. The first-order valence-electron chi connectivity index (χ1n) is 8.68. The summed E-state index contributed by atoms with van der Waals surface area (Å²) in [4.78, 5) is 13.4. The number of nitrogens with zero attached hydrogens (tertiary/aromatic N) is 3. The highest BCUT2D eigenvalue weighted by molar-refractivity contribution is 6.30. The molecule has 3 aromatic rings. The molecule has 0 spiro atoms. The summed E-state index contributed by atoms with van der Waals surface area (Å²) in [7, 11) is 0. The van der Waals surface area contributed by atoms with E-state index in [0.717, 1.165) is 22.5 Å². The van der Waals surface area contributed by atoms with Crippen molar-refractivity contribution in [2.24, 2.45) is 0 Å². The van der Waals surface area contributed by atoms with Gasteiger partial charge in [0.2, 0.25) is 5.95 Å². The van der Waals surface area contributed by atoms with Gasteiger partial charge in [-0.2, -0.15) is 4.98 Å². The summed E-state index contributed by atoms with van der Waals surface area (Å²) in [6.45, 7) is 5.83. The number of pyridine rings is 1. The zero-order chi connectivity index (χ0) is 19.4. The van der Waals surface area contributed by atoms with Crippen LogP contribution in [0.2, 0.25) is 5.02 Å². The van der Waals surface area contributed by atoms with E-state index >= 15 is 0 Å². The van der Waals surface area contributed by atoms with Crippen LogP contribution in [0.1, 0.15) is 18.1 Å². The number of nitrogens with one attached hydrogen (secondary N) is 2. The van der Waals surface area contributed by atoms with E-state index in [0.29, 0.717) is 22.5 Å². The molecule has 0 aliphatic carbocycles. The first-order chi connectivity index (χ1) is 13.0. The van der Waals surface area contributed by atoms with Gasteiger partial charge in [0.1, 0.15) is 5.82 Å². The van der Waals surface area contributed by atoms with Crippen molar-refractivity contribution in [3.8, 4) is 11.4 Å². The van der Waals surface area contributed by atoms with Gasteiger partial charge in [-0.25, -0.2) is 4.98 Å². The van der Waals surface area contributed by atoms with Crippen LogP contribution >= 0.6 is 11.6 Å². The van der Waals surface area contributed by atoms with E-state index in [-0.39, 0.29) is 12.6 Å². The van der Waals surface area contributed by atoms with Crippen molar-refractivity contribution in [2.45, 2.75) is 26.8 Å². The predicted molar refractivity (Wildman–Crippen MR) is 110 cm³/mol. The number of halogens is 1. The maximum absolute atomic E-state index is 9.33. The van der Waals surface area contributed by atoms with Crippen molar-refractivity contribution in [1.82, 2.24) is 15.0 Å². The number of rotatable bonds is 6. The van der Waals surface area contributed by atoms with Gasteiger partial charge in [-0.1, -0.05) is 17.7 Å².